The van der Waals surface area contributed by atoms with E-state index in [1.807, 2.05) is 37.8 Å². The fourth-order valence-corrected chi connectivity index (χ4v) is 3.27. The minimum atomic E-state index is 0.0166. The van der Waals surface area contributed by atoms with Gasteiger partial charge in [-0.3, -0.25) is 9.69 Å². The Bertz CT molecular complexity index is 678. The van der Waals surface area contributed by atoms with Crippen molar-refractivity contribution in [3.63, 3.8) is 0 Å². The maximum atomic E-state index is 12.2. The van der Waals surface area contributed by atoms with E-state index in [2.05, 4.69) is 19.8 Å². The van der Waals surface area contributed by atoms with Crippen molar-refractivity contribution in [3.8, 4) is 0 Å². The Labute approximate surface area is 147 Å². The minimum Gasteiger partial charge on any atom is -0.337 e. The fourth-order valence-electron chi connectivity index (χ4n) is 3.09. The molecule has 5 nitrogen and oxygen atoms in total. The van der Waals surface area contributed by atoms with Crippen LogP contribution in [-0.2, 0) is 11.3 Å². The molecule has 1 fully saturated rings. The van der Waals surface area contributed by atoms with Crippen molar-refractivity contribution < 1.29 is 4.79 Å². The zero-order valence-corrected chi connectivity index (χ0v) is 14.7. The number of imidazole rings is 1. The third-order valence-electron chi connectivity index (χ3n) is 4.56. The standard InChI is InChI=1S/C18H23ClN4O/c1-14-2-3-16(10-17(14)19)21-18(24)12-22-7-4-15(5-8-22)11-23-9-6-20-13-23/h2-3,6,9-10,13,15H,4-5,7-8,11-12H2,1H3,(H,21,24). The minimum absolute atomic E-state index is 0.0166. The molecule has 1 aromatic carbocycles. The Morgan fingerprint density at radius 3 is 2.83 bits per heavy atom. The van der Waals surface area contributed by atoms with Gasteiger partial charge < -0.3 is 9.88 Å². The topological polar surface area (TPSA) is 50.2 Å². The number of hydrogen-bond acceptors (Lipinski definition) is 3. The number of benzene rings is 1. The Morgan fingerprint density at radius 1 is 1.38 bits per heavy atom. The molecule has 128 valence electrons. The van der Waals surface area contributed by atoms with E-state index in [4.69, 9.17) is 11.6 Å². The quantitative estimate of drug-likeness (QED) is 0.904. The first kappa shape index (κ1) is 17.0. The van der Waals surface area contributed by atoms with Crippen LogP contribution in [0.25, 0.3) is 0 Å². The molecule has 2 aromatic rings. The van der Waals surface area contributed by atoms with Crippen molar-refractivity contribution in [2.24, 2.45) is 5.92 Å². The molecule has 24 heavy (non-hydrogen) atoms. The van der Waals surface area contributed by atoms with Gasteiger partial charge in [0.05, 0.1) is 12.9 Å². The van der Waals surface area contributed by atoms with Crippen LogP contribution in [0.4, 0.5) is 5.69 Å². The lowest BCUT2D eigenvalue weighted by molar-refractivity contribution is -0.117. The van der Waals surface area contributed by atoms with Gasteiger partial charge in [0.25, 0.3) is 0 Å². The van der Waals surface area contributed by atoms with E-state index in [-0.39, 0.29) is 5.91 Å². The van der Waals surface area contributed by atoms with Crippen LogP contribution in [-0.4, -0.2) is 40.0 Å². The van der Waals surface area contributed by atoms with Crippen LogP contribution >= 0.6 is 11.6 Å². The predicted octanol–water partition coefficient (Wildman–Crippen LogP) is 3.20. The number of anilines is 1. The van der Waals surface area contributed by atoms with Crippen molar-refractivity contribution in [2.75, 3.05) is 25.0 Å². The molecule has 0 aliphatic carbocycles. The van der Waals surface area contributed by atoms with Gasteiger partial charge in [-0.25, -0.2) is 4.98 Å². The molecule has 0 unspecified atom stereocenters. The molecular weight excluding hydrogens is 324 g/mol. The molecule has 0 bridgehead atoms. The Hall–Kier alpha value is -1.85. The number of rotatable bonds is 5. The molecule has 1 aromatic heterocycles. The molecule has 0 saturated carbocycles. The van der Waals surface area contributed by atoms with Gasteiger partial charge in [0.1, 0.15) is 0 Å². The lowest BCUT2D eigenvalue weighted by Gasteiger charge is -2.31. The van der Waals surface area contributed by atoms with E-state index in [9.17, 15) is 4.79 Å². The van der Waals surface area contributed by atoms with Gasteiger partial charge in [-0.2, -0.15) is 0 Å². The summed E-state index contributed by atoms with van der Waals surface area (Å²) in [4.78, 5) is 18.5. The van der Waals surface area contributed by atoms with E-state index < -0.39 is 0 Å². The van der Waals surface area contributed by atoms with Crippen LogP contribution < -0.4 is 5.32 Å². The Balaban J connectivity index is 1.43. The van der Waals surface area contributed by atoms with Crippen molar-refractivity contribution in [1.29, 1.82) is 0 Å². The third kappa shape index (κ3) is 4.58. The molecule has 6 heteroatoms. The second-order valence-electron chi connectivity index (χ2n) is 6.49. The maximum absolute atomic E-state index is 12.2. The second kappa shape index (κ2) is 7.81. The molecule has 0 spiro atoms. The van der Waals surface area contributed by atoms with Gasteiger partial charge in [-0.1, -0.05) is 17.7 Å². The number of aromatic nitrogens is 2. The zero-order chi connectivity index (χ0) is 16.9. The van der Waals surface area contributed by atoms with Gasteiger partial charge in [0.15, 0.2) is 0 Å². The smallest absolute Gasteiger partial charge is 0.238 e. The summed E-state index contributed by atoms with van der Waals surface area (Å²) in [5.41, 5.74) is 1.76. The normalized spacial score (nSPS) is 16.2. The van der Waals surface area contributed by atoms with Gasteiger partial charge in [-0.05, 0) is 56.5 Å². The lowest BCUT2D eigenvalue weighted by atomic mass is 9.97. The highest BCUT2D eigenvalue weighted by Crippen LogP contribution is 2.21. The number of carbonyl (C=O) groups is 1. The summed E-state index contributed by atoms with van der Waals surface area (Å²) in [6, 6.07) is 5.60. The van der Waals surface area contributed by atoms with Crippen LogP contribution in [0.2, 0.25) is 5.02 Å². The number of likely N-dealkylation sites (tertiary alicyclic amines) is 1. The van der Waals surface area contributed by atoms with E-state index in [0.717, 1.165) is 43.7 Å². The molecular formula is C18H23ClN4O. The number of piperidine rings is 1. The molecule has 0 radical (unpaired) electrons. The van der Waals surface area contributed by atoms with Gasteiger partial charge >= 0.3 is 0 Å². The lowest BCUT2D eigenvalue weighted by Crippen LogP contribution is -2.39. The number of nitrogens with zero attached hydrogens (tertiary/aromatic N) is 3. The van der Waals surface area contributed by atoms with E-state index in [1.54, 1.807) is 6.07 Å². The third-order valence-corrected chi connectivity index (χ3v) is 4.97. The SMILES string of the molecule is Cc1ccc(NC(=O)CN2CCC(Cn3ccnc3)CC2)cc1Cl. The first-order valence-corrected chi connectivity index (χ1v) is 8.72. The van der Waals surface area contributed by atoms with E-state index in [1.165, 1.54) is 0 Å². The summed E-state index contributed by atoms with van der Waals surface area (Å²) in [7, 11) is 0. The van der Waals surface area contributed by atoms with Crippen molar-refractivity contribution in [3.05, 3.63) is 47.5 Å². The highest BCUT2D eigenvalue weighted by atomic mass is 35.5. The molecule has 1 saturated heterocycles. The number of hydrogen-bond donors (Lipinski definition) is 1. The second-order valence-corrected chi connectivity index (χ2v) is 6.90. The highest BCUT2D eigenvalue weighted by molar-refractivity contribution is 6.31. The summed E-state index contributed by atoms with van der Waals surface area (Å²) >= 11 is 6.10. The van der Waals surface area contributed by atoms with Crippen molar-refractivity contribution in [1.82, 2.24) is 14.5 Å². The average molecular weight is 347 g/mol. The Kier molecular flexibility index (Phi) is 5.53. The molecule has 0 atom stereocenters. The average Bonchev–Trinajstić information content (AvgIpc) is 3.06. The summed E-state index contributed by atoms with van der Waals surface area (Å²) in [6.45, 7) is 5.32. The molecule has 3 rings (SSSR count). The first-order chi connectivity index (χ1) is 11.6. The molecule has 1 aliphatic heterocycles. The van der Waals surface area contributed by atoms with Crippen LogP contribution in [0.15, 0.2) is 36.9 Å². The number of halogens is 1. The number of nitrogens with one attached hydrogen (secondary N) is 1. The van der Waals surface area contributed by atoms with Crippen LogP contribution in [0, 0.1) is 12.8 Å². The fraction of sp³-hybridized carbons (Fsp3) is 0.444. The van der Waals surface area contributed by atoms with Gasteiger partial charge in [0, 0.05) is 29.6 Å². The monoisotopic (exact) mass is 346 g/mol. The van der Waals surface area contributed by atoms with E-state index >= 15 is 0 Å². The molecule has 1 aliphatic rings. The molecule has 1 N–H and O–H groups in total. The van der Waals surface area contributed by atoms with Gasteiger partial charge in [0.2, 0.25) is 5.91 Å². The van der Waals surface area contributed by atoms with Crippen LogP contribution in [0.3, 0.4) is 0 Å². The summed E-state index contributed by atoms with van der Waals surface area (Å²) in [5, 5.41) is 3.60. The highest BCUT2D eigenvalue weighted by Gasteiger charge is 2.21. The zero-order valence-electron chi connectivity index (χ0n) is 13.9. The maximum Gasteiger partial charge on any atom is 0.238 e. The Morgan fingerprint density at radius 2 is 2.17 bits per heavy atom. The summed E-state index contributed by atoms with van der Waals surface area (Å²) < 4.78 is 2.13. The van der Waals surface area contributed by atoms with E-state index in [0.29, 0.717) is 17.5 Å². The number of aryl methyl sites for hydroxylation is 1. The van der Waals surface area contributed by atoms with Crippen LogP contribution in [0.5, 0.6) is 0 Å². The molecule has 2 heterocycles. The van der Waals surface area contributed by atoms with Crippen molar-refractivity contribution >= 4 is 23.2 Å². The number of amides is 1. The summed E-state index contributed by atoms with van der Waals surface area (Å²) in [5.74, 6) is 0.678. The van der Waals surface area contributed by atoms with Crippen molar-refractivity contribution in [2.45, 2.75) is 26.3 Å². The van der Waals surface area contributed by atoms with Gasteiger partial charge in [-0.15, -0.1) is 0 Å². The summed E-state index contributed by atoms with van der Waals surface area (Å²) in [6.07, 6.45) is 7.92. The first-order valence-electron chi connectivity index (χ1n) is 8.34. The number of carbonyl (C=O) groups excluding carboxylic acids is 1. The predicted molar refractivity (Wildman–Crippen MR) is 96.2 cm³/mol. The largest absolute Gasteiger partial charge is 0.337 e. The molecule has 1 amide bonds. The van der Waals surface area contributed by atoms with Crippen LogP contribution in [0.1, 0.15) is 18.4 Å².